The second-order valence-electron chi connectivity index (χ2n) is 4.23. The number of hydrogen-bond acceptors (Lipinski definition) is 3. The van der Waals surface area contributed by atoms with E-state index in [2.05, 4.69) is 5.32 Å². The number of nitrogen functional groups attached to an aromatic ring is 1. The molecule has 0 fully saturated rings. The molecule has 0 saturated carbocycles. The van der Waals surface area contributed by atoms with Crippen LogP contribution < -0.4 is 15.8 Å². The molecule has 2 rings (SSSR count). The largest absolute Gasteiger partial charge is 0.494 e. The van der Waals surface area contributed by atoms with Crippen molar-refractivity contribution < 1.29 is 9.13 Å². The van der Waals surface area contributed by atoms with Crippen molar-refractivity contribution in [2.24, 2.45) is 0 Å². The van der Waals surface area contributed by atoms with E-state index in [9.17, 15) is 4.39 Å². The van der Waals surface area contributed by atoms with Crippen LogP contribution in [0.15, 0.2) is 42.5 Å². The van der Waals surface area contributed by atoms with Gasteiger partial charge in [-0.3, -0.25) is 0 Å². The summed E-state index contributed by atoms with van der Waals surface area (Å²) < 4.78 is 18.4. The van der Waals surface area contributed by atoms with E-state index in [0.29, 0.717) is 12.2 Å². The number of ether oxygens (including phenoxy) is 1. The van der Waals surface area contributed by atoms with Gasteiger partial charge in [0.25, 0.3) is 0 Å². The molecule has 2 aromatic carbocycles. The monoisotopic (exact) mass is 260 g/mol. The van der Waals surface area contributed by atoms with Crippen LogP contribution in [0.4, 0.5) is 15.8 Å². The fraction of sp³-hybridized carbons (Fsp3) is 0.200. The molecule has 2 aromatic rings. The van der Waals surface area contributed by atoms with Crippen LogP contribution in [0.25, 0.3) is 0 Å². The van der Waals surface area contributed by atoms with Crippen LogP contribution in [0.1, 0.15) is 5.56 Å². The van der Waals surface area contributed by atoms with Crippen LogP contribution in [-0.4, -0.2) is 13.7 Å². The number of nitrogens with one attached hydrogen (secondary N) is 1. The molecule has 0 aliphatic heterocycles. The van der Waals surface area contributed by atoms with Gasteiger partial charge in [-0.2, -0.15) is 0 Å². The molecule has 3 nitrogen and oxygen atoms in total. The Morgan fingerprint density at radius 3 is 2.68 bits per heavy atom. The molecule has 0 atom stereocenters. The number of para-hydroxylation sites is 2. The van der Waals surface area contributed by atoms with Gasteiger partial charge in [-0.05, 0) is 36.2 Å². The van der Waals surface area contributed by atoms with Gasteiger partial charge in [0.05, 0.1) is 18.5 Å². The Bertz CT molecular complexity index is 558. The number of nitrogens with two attached hydrogens (primary N) is 1. The fourth-order valence-corrected chi connectivity index (χ4v) is 1.86. The number of anilines is 2. The predicted molar refractivity (Wildman–Crippen MR) is 76.0 cm³/mol. The van der Waals surface area contributed by atoms with Crippen LogP contribution in [-0.2, 0) is 6.42 Å². The van der Waals surface area contributed by atoms with Crippen molar-refractivity contribution in [2.45, 2.75) is 6.42 Å². The first-order chi connectivity index (χ1) is 9.20. The smallest absolute Gasteiger partial charge is 0.165 e. The normalized spacial score (nSPS) is 10.2. The number of benzene rings is 2. The number of hydrogen-bond donors (Lipinski definition) is 2. The van der Waals surface area contributed by atoms with Crippen molar-refractivity contribution in [3.05, 3.63) is 53.8 Å². The second-order valence-corrected chi connectivity index (χ2v) is 4.23. The summed E-state index contributed by atoms with van der Waals surface area (Å²) in [5.41, 5.74) is 8.35. The van der Waals surface area contributed by atoms with Crippen molar-refractivity contribution in [2.75, 3.05) is 24.7 Å². The third-order valence-electron chi connectivity index (χ3n) is 2.91. The zero-order valence-corrected chi connectivity index (χ0v) is 10.8. The molecule has 0 heterocycles. The minimum Gasteiger partial charge on any atom is -0.494 e. The highest BCUT2D eigenvalue weighted by Crippen LogP contribution is 2.19. The maximum atomic E-state index is 13.5. The summed E-state index contributed by atoms with van der Waals surface area (Å²) in [5, 5.41) is 3.23. The Morgan fingerprint density at radius 2 is 2.00 bits per heavy atom. The van der Waals surface area contributed by atoms with E-state index in [1.807, 2.05) is 30.3 Å². The van der Waals surface area contributed by atoms with E-state index in [4.69, 9.17) is 10.5 Å². The van der Waals surface area contributed by atoms with E-state index < -0.39 is 0 Å². The molecule has 0 aliphatic rings. The predicted octanol–water partition coefficient (Wildman–Crippen LogP) is 3.07. The van der Waals surface area contributed by atoms with Crippen molar-refractivity contribution in [3.8, 4) is 5.75 Å². The summed E-state index contributed by atoms with van der Waals surface area (Å²) in [6.45, 7) is 0.694. The van der Waals surface area contributed by atoms with Gasteiger partial charge in [-0.1, -0.05) is 18.2 Å². The maximum absolute atomic E-state index is 13.5. The topological polar surface area (TPSA) is 47.3 Å². The molecular weight excluding hydrogens is 243 g/mol. The average molecular weight is 260 g/mol. The summed E-state index contributed by atoms with van der Waals surface area (Å²) in [4.78, 5) is 0. The molecular formula is C15H17FN2O. The van der Waals surface area contributed by atoms with Gasteiger partial charge >= 0.3 is 0 Å². The Kier molecular flexibility index (Phi) is 4.23. The molecule has 0 radical (unpaired) electrons. The lowest BCUT2D eigenvalue weighted by Crippen LogP contribution is -2.07. The van der Waals surface area contributed by atoms with Crippen LogP contribution in [0.5, 0.6) is 5.75 Å². The Labute approximate surface area is 112 Å². The van der Waals surface area contributed by atoms with Crippen LogP contribution in [0.2, 0.25) is 0 Å². The first-order valence-corrected chi connectivity index (χ1v) is 6.11. The van der Waals surface area contributed by atoms with E-state index >= 15 is 0 Å². The van der Waals surface area contributed by atoms with Gasteiger partial charge in [-0.25, -0.2) is 4.39 Å². The molecule has 0 spiro atoms. The van der Waals surface area contributed by atoms with Crippen molar-refractivity contribution >= 4 is 11.4 Å². The van der Waals surface area contributed by atoms with Crippen LogP contribution in [0.3, 0.4) is 0 Å². The lowest BCUT2D eigenvalue weighted by molar-refractivity contribution is 0.386. The lowest BCUT2D eigenvalue weighted by atomic mass is 10.1. The molecule has 0 amide bonds. The minimum absolute atomic E-state index is 0.268. The highest BCUT2D eigenvalue weighted by Gasteiger charge is 2.03. The summed E-state index contributed by atoms with van der Waals surface area (Å²) in [6, 6.07) is 12.6. The van der Waals surface area contributed by atoms with E-state index in [1.54, 1.807) is 6.07 Å². The first kappa shape index (κ1) is 13.2. The molecule has 0 bridgehead atoms. The third kappa shape index (κ3) is 3.37. The number of rotatable bonds is 5. The Balaban J connectivity index is 1.93. The third-order valence-corrected chi connectivity index (χ3v) is 2.91. The second kappa shape index (κ2) is 6.09. The fourth-order valence-electron chi connectivity index (χ4n) is 1.86. The highest BCUT2D eigenvalue weighted by molar-refractivity contribution is 5.65. The van der Waals surface area contributed by atoms with Crippen molar-refractivity contribution in [3.63, 3.8) is 0 Å². The van der Waals surface area contributed by atoms with Crippen LogP contribution in [0, 0.1) is 5.82 Å². The molecule has 0 saturated heterocycles. The highest BCUT2D eigenvalue weighted by atomic mass is 19.1. The molecule has 3 N–H and O–H groups in total. The SMILES string of the molecule is COc1ccc(CCNc2ccccc2N)cc1F. The first-order valence-electron chi connectivity index (χ1n) is 6.11. The Morgan fingerprint density at radius 1 is 1.21 bits per heavy atom. The van der Waals surface area contributed by atoms with Gasteiger partial charge in [0, 0.05) is 6.54 Å². The Hall–Kier alpha value is -2.23. The van der Waals surface area contributed by atoms with Gasteiger partial charge in [0.15, 0.2) is 11.6 Å². The summed E-state index contributed by atoms with van der Waals surface area (Å²) in [5.74, 6) is -0.0664. The van der Waals surface area contributed by atoms with E-state index in [0.717, 1.165) is 17.7 Å². The maximum Gasteiger partial charge on any atom is 0.165 e. The van der Waals surface area contributed by atoms with Crippen LogP contribution >= 0.6 is 0 Å². The molecule has 4 heteroatoms. The molecule has 0 unspecified atom stereocenters. The van der Waals surface area contributed by atoms with Crippen molar-refractivity contribution in [1.82, 2.24) is 0 Å². The molecule has 0 aliphatic carbocycles. The zero-order valence-electron chi connectivity index (χ0n) is 10.8. The van der Waals surface area contributed by atoms with Gasteiger partial charge in [0.2, 0.25) is 0 Å². The zero-order chi connectivity index (χ0) is 13.7. The lowest BCUT2D eigenvalue weighted by Gasteiger charge is -2.09. The van der Waals surface area contributed by atoms with Crippen molar-refractivity contribution in [1.29, 1.82) is 0 Å². The summed E-state index contributed by atoms with van der Waals surface area (Å²) in [7, 11) is 1.46. The minimum atomic E-state index is -0.334. The van der Waals surface area contributed by atoms with E-state index in [-0.39, 0.29) is 11.6 Å². The average Bonchev–Trinajstić information content (AvgIpc) is 2.41. The van der Waals surface area contributed by atoms with Gasteiger partial charge < -0.3 is 15.8 Å². The molecule has 19 heavy (non-hydrogen) atoms. The number of methoxy groups -OCH3 is 1. The van der Waals surface area contributed by atoms with Gasteiger partial charge in [-0.15, -0.1) is 0 Å². The summed E-state index contributed by atoms with van der Waals surface area (Å²) >= 11 is 0. The number of halogens is 1. The quantitative estimate of drug-likeness (QED) is 0.812. The summed E-state index contributed by atoms with van der Waals surface area (Å²) in [6.07, 6.45) is 0.718. The standard InChI is InChI=1S/C15H17FN2O/c1-19-15-7-6-11(10-12(15)16)8-9-18-14-5-3-2-4-13(14)17/h2-7,10,18H,8-9,17H2,1H3. The molecule has 100 valence electrons. The van der Waals surface area contributed by atoms with E-state index in [1.165, 1.54) is 13.2 Å². The van der Waals surface area contributed by atoms with Gasteiger partial charge in [0.1, 0.15) is 0 Å². The molecule has 0 aromatic heterocycles.